The standard InChI is InChI=1S/C16H19NO2S/c1-13-2-4-15(5-3-13)11-20(18,19)12-16-8-6-14(10-17)7-9-16/h2-9H,10-12,17H2,1H3. The summed E-state index contributed by atoms with van der Waals surface area (Å²) in [7, 11) is -3.15. The predicted molar refractivity (Wildman–Crippen MR) is 81.8 cm³/mol. The molecule has 0 heterocycles. The van der Waals surface area contributed by atoms with Crippen molar-refractivity contribution in [3.63, 3.8) is 0 Å². The molecule has 106 valence electrons. The van der Waals surface area contributed by atoms with E-state index in [0.717, 1.165) is 22.3 Å². The van der Waals surface area contributed by atoms with E-state index < -0.39 is 9.84 Å². The fourth-order valence-electron chi connectivity index (χ4n) is 2.01. The maximum atomic E-state index is 12.2. The second-order valence-corrected chi connectivity index (χ2v) is 7.10. The number of nitrogens with two attached hydrogens (primary N) is 1. The van der Waals surface area contributed by atoms with Crippen LogP contribution in [0.5, 0.6) is 0 Å². The Labute approximate surface area is 120 Å². The van der Waals surface area contributed by atoms with E-state index >= 15 is 0 Å². The van der Waals surface area contributed by atoms with Gasteiger partial charge < -0.3 is 5.73 Å². The average Bonchev–Trinajstić information content (AvgIpc) is 2.41. The molecule has 0 aliphatic heterocycles. The largest absolute Gasteiger partial charge is 0.326 e. The van der Waals surface area contributed by atoms with Gasteiger partial charge >= 0.3 is 0 Å². The molecule has 0 spiro atoms. The lowest BCUT2D eigenvalue weighted by atomic mass is 10.1. The highest BCUT2D eigenvalue weighted by atomic mass is 32.2. The summed E-state index contributed by atoms with van der Waals surface area (Å²) in [6.07, 6.45) is 0. The SMILES string of the molecule is Cc1ccc(CS(=O)(=O)Cc2ccc(CN)cc2)cc1. The van der Waals surface area contributed by atoms with E-state index in [9.17, 15) is 8.42 Å². The summed E-state index contributed by atoms with van der Waals surface area (Å²) in [4.78, 5) is 0. The third kappa shape index (κ3) is 4.18. The van der Waals surface area contributed by atoms with Crippen molar-refractivity contribution in [2.45, 2.75) is 25.0 Å². The number of sulfone groups is 1. The highest BCUT2D eigenvalue weighted by molar-refractivity contribution is 7.89. The topological polar surface area (TPSA) is 60.2 Å². The molecule has 2 N–H and O–H groups in total. The van der Waals surface area contributed by atoms with Crippen LogP contribution in [0.25, 0.3) is 0 Å². The first-order chi connectivity index (χ1) is 9.48. The molecule has 0 aromatic heterocycles. The molecule has 4 heteroatoms. The van der Waals surface area contributed by atoms with E-state index in [1.165, 1.54) is 0 Å². The van der Waals surface area contributed by atoms with Gasteiger partial charge in [-0.2, -0.15) is 0 Å². The minimum absolute atomic E-state index is 0.0612. The third-order valence-electron chi connectivity index (χ3n) is 3.15. The Morgan fingerprint density at radius 3 is 1.65 bits per heavy atom. The van der Waals surface area contributed by atoms with Gasteiger partial charge in [-0.15, -0.1) is 0 Å². The van der Waals surface area contributed by atoms with Crippen molar-refractivity contribution in [2.75, 3.05) is 0 Å². The number of benzene rings is 2. The minimum Gasteiger partial charge on any atom is -0.326 e. The molecule has 0 aliphatic rings. The molecular weight excluding hydrogens is 270 g/mol. The van der Waals surface area contributed by atoms with Crippen molar-refractivity contribution in [1.82, 2.24) is 0 Å². The Kier molecular flexibility index (Phi) is 4.57. The van der Waals surface area contributed by atoms with Crippen molar-refractivity contribution in [3.05, 3.63) is 70.8 Å². The van der Waals surface area contributed by atoms with Gasteiger partial charge in [0.15, 0.2) is 9.84 Å². The lowest BCUT2D eigenvalue weighted by Crippen LogP contribution is -2.08. The monoisotopic (exact) mass is 289 g/mol. The Morgan fingerprint density at radius 1 is 0.800 bits per heavy atom. The van der Waals surface area contributed by atoms with Crippen LogP contribution in [0.3, 0.4) is 0 Å². The first kappa shape index (κ1) is 14.8. The van der Waals surface area contributed by atoms with Crippen molar-refractivity contribution in [1.29, 1.82) is 0 Å². The van der Waals surface area contributed by atoms with E-state index in [1.807, 2.05) is 55.5 Å². The van der Waals surface area contributed by atoms with Crippen LogP contribution in [0.1, 0.15) is 22.3 Å². The van der Waals surface area contributed by atoms with Gasteiger partial charge in [0.25, 0.3) is 0 Å². The van der Waals surface area contributed by atoms with Crippen LogP contribution in [-0.2, 0) is 27.9 Å². The number of rotatable bonds is 5. The Hall–Kier alpha value is -1.65. The van der Waals surface area contributed by atoms with E-state index in [1.54, 1.807) is 0 Å². The molecule has 20 heavy (non-hydrogen) atoms. The third-order valence-corrected chi connectivity index (χ3v) is 4.70. The molecule has 2 aromatic carbocycles. The van der Waals surface area contributed by atoms with E-state index in [4.69, 9.17) is 5.73 Å². The predicted octanol–water partition coefficient (Wildman–Crippen LogP) is 2.57. The zero-order valence-corrected chi connectivity index (χ0v) is 12.4. The summed E-state index contributed by atoms with van der Waals surface area (Å²) in [6.45, 7) is 2.45. The van der Waals surface area contributed by atoms with Gasteiger partial charge in [-0.05, 0) is 23.6 Å². The number of aryl methyl sites for hydroxylation is 1. The smallest absolute Gasteiger partial charge is 0.158 e. The highest BCUT2D eigenvalue weighted by Gasteiger charge is 2.13. The molecule has 0 saturated carbocycles. The van der Waals surface area contributed by atoms with Gasteiger partial charge in [0, 0.05) is 6.54 Å². The summed E-state index contributed by atoms with van der Waals surface area (Å²) >= 11 is 0. The fraction of sp³-hybridized carbons (Fsp3) is 0.250. The van der Waals surface area contributed by atoms with Gasteiger partial charge in [0.05, 0.1) is 11.5 Å². The summed E-state index contributed by atoms with van der Waals surface area (Å²) in [6, 6.07) is 15.0. The van der Waals surface area contributed by atoms with Crippen molar-refractivity contribution < 1.29 is 8.42 Å². The lowest BCUT2D eigenvalue weighted by molar-refractivity contribution is 0.594. The van der Waals surface area contributed by atoms with Crippen LogP contribution in [0.15, 0.2) is 48.5 Å². The quantitative estimate of drug-likeness (QED) is 0.920. The molecule has 3 nitrogen and oxygen atoms in total. The molecule has 0 bridgehead atoms. The minimum atomic E-state index is -3.15. The van der Waals surface area contributed by atoms with Crippen LogP contribution < -0.4 is 5.73 Å². The second-order valence-electron chi connectivity index (χ2n) is 5.04. The Balaban J connectivity index is 2.08. The molecule has 0 amide bonds. The van der Waals surface area contributed by atoms with E-state index in [2.05, 4.69) is 0 Å². The first-order valence-electron chi connectivity index (χ1n) is 6.52. The van der Waals surface area contributed by atoms with Crippen LogP contribution in [0.4, 0.5) is 0 Å². The summed E-state index contributed by atoms with van der Waals surface area (Å²) < 4.78 is 24.4. The van der Waals surface area contributed by atoms with Gasteiger partial charge in [0.2, 0.25) is 0 Å². The van der Waals surface area contributed by atoms with Gasteiger partial charge in [-0.25, -0.2) is 8.42 Å². The average molecular weight is 289 g/mol. The highest BCUT2D eigenvalue weighted by Crippen LogP contribution is 2.14. The second kappa shape index (κ2) is 6.20. The van der Waals surface area contributed by atoms with Crippen molar-refractivity contribution >= 4 is 9.84 Å². The van der Waals surface area contributed by atoms with Gasteiger partial charge in [-0.3, -0.25) is 0 Å². The van der Waals surface area contributed by atoms with Crippen LogP contribution in [0.2, 0.25) is 0 Å². The van der Waals surface area contributed by atoms with Gasteiger partial charge in [-0.1, -0.05) is 54.1 Å². The van der Waals surface area contributed by atoms with Crippen LogP contribution >= 0.6 is 0 Å². The number of hydrogen-bond donors (Lipinski definition) is 1. The molecule has 2 rings (SSSR count). The molecule has 2 aromatic rings. The molecule has 0 fully saturated rings. The Morgan fingerprint density at radius 2 is 1.20 bits per heavy atom. The van der Waals surface area contributed by atoms with Crippen molar-refractivity contribution in [3.8, 4) is 0 Å². The van der Waals surface area contributed by atoms with Crippen LogP contribution in [-0.4, -0.2) is 8.42 Å². The summed E-state index contributed by atoms with van der Waals surface area (Å²) in [5, 5.41) is 0. The van der Waals surface area contributed by atoms with E-state index in [0.29, 0.717) is 6.54 Å². The molecular formula is C16H19NO2S. The maximum Gasteiger partial charge on any atom is 0.158 e. The molecule has 0 aliphatic carbocycles. The molecule has 0 unspecified atom stereocenters. The van der Waals surface area contributed by atoms with E-state index in [-0.39, 0.29) is 11.5 Å². The van der Waals surface area contributed by atoms with Crippen LogP contribution in [0, 0.1) is 6.92 Å². The van der Waals surface area contributed by atoms with Gasteiger partial charge in [0.1, 0.15) is 0 Å². The number of hydrogen-bond acceptors (Lipinski definition) is 3. The normalized spacial score (nSPS) is 11.5. The maximum absolute atomic E-state index is 12.2. The molecule has 0 atom stereocenters. The zero-order valence-electron chi connectivity index (χ0n) is 11.5. The first-order valence-corrected chi connectivity index (χ1v) is 8.34. The fourth-order valence-corrected chi connectivity index (χ4v) is 3.52. The zero-order chi connectivity index (χ0) is 14.6. The summed E-state index contributed by atoms with van der Waals surface area (Å²) in [5.41, 5.74) is 9.28. The summed E-state index contributed by atoms with van der Waals surface area (Å²) in [5.74, 6) is 0.137. The van der Waals surface area contributed by atoms with Crippen molar-refractivity contribution in [2.24, 2.45) is 5.73 Å². The lowest BCUT2D eigenvalue weighted by Gasteiger charge is -2.06. The molecule has 0 saturated heterocycles. The molecule has 0 radical (unpaired) electrons. The Bertz CT molecular complexity index is 659.